The molecule has 8 heteroatoms. The Bertz CT molecular complexity index is 873. The molecule has 25 heavy (non-hydrogen) atoms. The van der Waals surface area contributed by atoms with Crippen LogP contribution < -0.4 is 4.74 Å². The molecule has 130 valence electrons. The van der Waals surface area contributed by atoms with Crippen LogP contribution in [0.3, 0.4) is 0 Å². The molecule has 0 atom stereocenters. The Morgan fingerprint density at radius 3 is 2.80 bits per heavy atom. The number of amides is 1. The number of benzene rings is 1. The van der Waals surface area contributed by atoms with Crippen LogP contribution in [0.1, 0.15) is 16.2 Å². The fourth-order valence-electron chi connectivity index (χ4n) is 2.30. The van der Waals surface area contributed by atoms with Gasteiger partial charge in [0.05, 0.1) is 12.2 Å². The monoisotopic (exact) mass is 359 g/mol. The van der Waals surface area contributed by atoms with Crippen molar-refractivity contribution in [1.82, 2.24) is 24.5 Å². The second-order valence-electron chi connectivity index (χ2n) is 5.61. The van der Waals surface area contributed by atoms with Gasteiger partial charge in [-0.3, -0.25) is 9.48 Å². The van der Waals surface area contributed by atoms with E-state index >= 15 is 0 Å². The van der Waals surface area contributed by atoms with E-state index in [0.29, 0.717) is 23.0 Å². The highest BCUT2D eigenvalue weighted by Gasteiger charge is 2.16. The molecule has 3 aromatic rings. The summed E-state index contributed by atoms with van der Waals surface area (Å²) in [5, 5.41) is 9.13. The first-order chi connectivity index (χ1) is 12.0. The summed E-state index contributed by atoms with van der Waals surface area (Å²) in [6, 6.07) is 10.7. The molecule has 0 spiro atoms. The quantitative estimate of drug-likeness (QED) is 0.678. The van der Waals surface area contributed by atoms with Gasteiger partial charge in [-0.2, -0.15) is 10.2 Å². The van der Waals surface area contributed by atoms with Gasteiger partial charge in [0.25, 0.3) is 5.91 Å². The second kappa shape index (κ2) is 7.40. The lowest BCUT2D eigenvalue weighted by Gasteiger charge is -2.14. The molecule has 0 radical (unpaired) electrons. The van der Waals surface area contributed by atoms with Crippen LogP contribution in [-0.2, 0) is 20.3 Å². The number of halogens is 1. The molecule has 0 aliphatic carbocycles. The zero-order valence-corrected chi connectivity index (χ0v) is 14.7. The average Bonchev–Trinajstić information content (AvgIpc) is 3.21. The largest absolute Gasteiger partial charge is 0.471 e. The Morgan fingerprint density at radius 2 is 2.08 bits per heavy atom. The van der Waals surface area contributed by atoms with E-state index in [4.69, 9.17) is 16.3 Å². The van der Waals surface area contributed by atoms with Gasteiger partial charge in [0.2, 0.25) is 0 Å². The molecule has 3 rings (SSSR count). The number of rotatable bonds is 6. The van der Waals surface area contributed by atoms with Crippen LogP contribution >= 0.6 is 11.6 Å². The van der Waals surface area contributed by atoms with Crippen molar-refractivity contribution in [2.45, 2.75) is 13.3 Å². The molecule has 0 saturated carbocycles. The molecule has 0 aliphatic heterocycles. The number of hydrogen-bond donors (Lipinski definition) is 0. The van der Waals surface area contributed by atoms with Gasteiger partial charge in [-0.15, -0.1) is 0 Å². The van der Waals surface area contributed by atoms with Crippen molar-refractivity contribution in [1.29, 1.82) is 0 Å². The highest BCUT2D eigenvalue weighted by Crippen LogP contribution is 2.17. The molecule has 0 N–H and O–H groups in total. The molecule has 0 bridgehead atoms. The lowest BCUT2D eigenvalue weighted by Crippen LogP contribution is -2.27. The van der Waals surface area contributed by atoms with E-state index in [-0.39, 0.29) is 12.6 Å². The number of hydrogen-bond acceptors (Lipinski definition) is 4. The molecular weight excluding hydrogens is 342 g/mol. The molecule has 1 aromatic carbocycles. The van der Waals surface area contributed by atoms with Gasteiger partial charge in [-0.25, -0.2) is 4.68 Å². The maximum atomic E-state index is 12.4. The first kappa shape index (κ1) is 17.0. The Kier molecular flexibility index (Phi) is 5.04. The maximum absolute atomic E-state index is 12.4. The summed E-state index contributed by atoms with van der Waals surface area (Å²) < 4.78 is 8.87. The topological polar surface area (TPSA) is 65.2 Å². The van der Waals surface area contributed by atoms with Crippen molar-refractivity contribution in [3.05, 3.63) is 65.2 Å². The number of ether oxygens (including phenoxy) is 1. The summed E-state index contributed by atoms with van der Waals surface area (Å²) in [6.07, 6.45) is 3.54. The van der Waals surface area contributed by atoms with Gasteiger partial charge in [-0.05, 0) is 30.3 Å². The summed E-state index contributed by atoms with van der Waals surface area (Å²) in [5.41, 5.74) is 1.18. The van der Waals surface area contributed by atoms with Crippen LogP contribution in [0.25, 0.3) is 0 Å². The minimum atomic E-state index is -0.174. The van der Waals surface area contributed by atoms with E-state index in [1.54, 1.807) is 45.7 Å². The van der Waals surface area contributed by atoms with Crippen LogP contribution in [0.15, 0.2) is 48.8 Å². The SMILES string of the molecule is CN(Cc1ccn(C)n1)C(=O)c1ccn(COc2cccc(Cl)c2)n1. The third kappa shape index (κ3) is 4.39. The third-order valence-electron chi connectivity index (χ3n) is 3.53. The van der Waals surface area contributed by atoms with Crippen LogP contribution in [-0.4, -0.2) is 37.4 Å². The van der Waals surface area contributed by atoms with Gasteiger partial charge >= 0.3 is 0 Å². The summed E-state index contributed by atoms with van der Waals surface area (Å²) >= 11 is 5.92. The van der Waals surface area contributed by atoms with E-state index in [2.05, 4.69) is 10.2 Å². The highest BCUT2D eigenvalue weighted by molar-refractivity contribution is 6.30. The molecule has 7 nitrogen and oxygen atoms in total. The van der Waals surface area contributed by atoms with Crippen LogP contribution in [0.5, 0.6) is 5.75 Å². The van der Waals surface area contributed by atoms with E-state index in [1.807, 2.05) is 31.4 Å². The molecule has 0 aliphatic rings. The molecule has 2 heterocycles. The van der Waals surface area contributed by atoms with Crippen molar-refractivity contribution in [3.63, 3.8) is 0 Å². The van der Waals surface area contributed by atoms with Gasteiger partial charge in [0, 0.05) is 31.5 Å². The van der Waals surface area contributed by atoms with Crippen molar-refractivity contribution >= 4 is 17.5 Å². The van der Waals surface area contributed by atoms with Crippen LogP contribution in [0, 0.1) is 0 Å². The normalized spacial score (nSPS) is 10.7. The number of carbonyl (C=O) groups excluding carboxylic acids is 1. The first-order valence-electron chi connectivity index (χ1n) is 7.67. The van der Waals surface area contributed by atoms with E-state index in [0.717, 1.165) is 5.69 Å². The summed E-state index contributed by atoms with van der Waals surface area (Å²) in [6.45, 7) is 0.614. The van der Waals surface area contributed by atoms with Crippen LogP contribution in [0.2, 0.25) is 5.02 Å². The second-order valence-corrected chi connectivity index (χ2v) is 6.05. The van der Waals surface area contributed by atoms with Crippen molar-refractivity contribution in [2.24, 2.45) is 7.05 Å². The Morgan fingerprint density at radius 1 is 1.24 bits per heavy atom. The minimum absolute atomic E-state index is 0.174. The summed E-state index contributed by atoms with van der Waals surface area (Å²) in [7, 11) is 3.56. The lowest BCUT2D eigenvalue weighted by atomic mass is 10.3. The molecule has 0 unspecified atom stereocenters. The third-order valence-corrected chi connectivity index (χ3v) is 3.77. The molecular formula is C17H18ClN5O2. The zero-order chi connectivity index (χ0) is 17.8. The van der Waals surface area contributed by atoms with Gasteiger partial charge in [0.1, 0.15) is 5.75 Å². The fourth-order valence-corrected chi connectivity index (χ4v) is 2.48. The summed E-state index contributed by atoms with van der Waals surface area (Å²) in [5.74, 6) is 0.468. The number of aromatic nitrogens is 4. The molecule has 0 saturated heterocycles. The summed E-state index contributed by atoms with van der Waals surface area (Å²) in [4.78, 5) is 14.0. The number of nitrogens with zero attached hydrogens (tertiary/aromatic N) is 5. The molecule has 2 aromatic heterocycles. The molecule has 1 amide bonds. The average molecular weight is 360 g/mol. The fraction of sp³-hybridized carbons (Fsp3) is 0.235. The van der Waals surface area contributed by atoms with Crippen molar-refractivity contribution < 1.29 is 9.53 Å². The van der Waals surface area contributed by atoms with E-state index in [1.165, 1.54) is 0 Å². The van der Waals surface area contributed by atoms with E-state index in [9.17, 15) is 4.79 Å². The Balaban J connectivity index is 1.59. The first-order valence-corrected chi connectivity index (χ1v) is 8.05. The van der Waals surface area contributed by atoms with Crippen molar-refractivity contribution in [2.75, 3.05) is 7.05 Å². The standard InChI is InChI=1S/C17H18ClN5O2/c1-21(11-14-6-8-22(2)19-14)17(24)16-7-9-23(20-16)12-25-15-5-3-4-13(18)10-15/h3-10H,11-12H2,1-2H3. The Hall–Kier alpha value is -2.80. The van der Waals surface area contributed by atoms with Crippen molar-refractivity contribution in [3.8, 4) is 5.75 Å². The smallest absolute Gasteiger partial charge is 0.274 e. The predicted octanol–water partition coefficient (Wildman–Crippen LogP) is 2.58. The van der Waals surface area contributed by atoms with Gasteiger partial charge in [0.15, 0.2) is 12.4 Å². The Labute approximate surface area is 150 Å². The van der Waals surface area contributed by atoms with Gasteiger partial charge < -0.3 is 9.64 Å². The minimum Gasteiger partial charge on any atom is -0.471 e. The highest BCUT2D eigenvalue weighted by atomic mass is 35.5. The number of aryl methyl sites for hydroxylation is 1. The predicted molar refractivity (Wildman–Crippen MR) is 93.3 cm³/mol. The molecule has 0 fully saturated rings. The van der Waals surface area contributed by atoms with Gasteiger partial charge in [-0.1, -0.05) is 17.7 Å². The zero-order valence-electron chi connectivity index (χ0n) is 14.0. The lowest BCUT2D eigenvalue weighted by molar-refractivity contribution is 0.0775. The maximum Gasteiger partial charge on any atom is 0.274 e. The van der Waals surface area contributed by atoms with E-state index < -0.39 is 0 Å². The van der Waals surface area contributed by atoms with Crippen LogP contribution in [0.4, 0.5) is 0 Å². The number of carbonyl (C=O) groups is 1.